The van der Waals surface area contributed by atoms with E-state index in [1.54, 1.807) is 12.1 Å². The van der Waals surface area contributed by atoms with Gasteiger partial charge in [0, 0.05) is 23.8 Å². The first-order valence-electron chi connectivity index (χ1n) is 8.87. The topological polar surface area (TPSA) is 84.5 Å². The van der Waals surface area contributed by atoms with Gasteiger partial charge in [-0.25, -0.2) is 13.1 Å². The second-order valence-corrected chi connectivity index (χ2v) is 9.88. The van der Waals surface area contributed by atoms with E-state index in [9.17, 15) is 13.2 Å². The van der Waals surface area contributed by atoms with Crippen molar-refractivity contribution in [1.29, 1.82) is 0 Å². The van der Waals surface area contributed by atoms with Gasteiger partial charge in [-0.3, -0.25) is 4.79 Å². The van der Waals surface area contributed by atoms with Crippen LogP contribution in [0.15, 0.2) is 52.3 Å². The van der Waals surface area contributed by atoms with Gasteiger partial charge in [-0.15, -0.1) is 11.8 Å². The van der Waals surface area contributed by atoms with Crippen LogP contribution in [0.3, 0.4) is 0 Å². The predicted molar refractivity (Wildman–Crippen MR) is 111 cm³/mol. The largest absolute Gasteiger partial charge is 0.487 e. The van der Waals surface area contributed by atoms with Gasteiger partial charge in [0.05, 0.1) is 16.6 Å². The Morgan fingerprint density at radius 3 is 2.61 bits per heavy atom. The van der Waals surface area contributed by atoms with Gasteiger partial charge in [-0.1, -0.05) is 18.2 Å². The smallest absolute Gasteiger partial charge is 0.241 e. The first-order chi connectivity index (χ1) is 13.1. The molecule has 1 atom stereocenters. The number of nitrogens with one attached hydrogen (secondary N) is 2. The number of rotatable bonds is 5. The van der Waals surface area contributed by atoms with Crippen molar-refractivity contribution in [3.8, 4) is 5.75 Å². The zero-order valence-corrected chi connectivity index (χ0v) is 17.9. The Hall–Kier alpha value is -2.03. The zero-order chi connectivity index (χ0) is 20.5. The van der Waals surface area contributed by atoms with E-state index in [0.29, 0.717) is 17.9 Å². The number of amides is 1. The fourth-order valence-electron chi connectivity index (χ4n) is 3.30. The number of para-hydroxylation sites is 1. The number of carbonyl (C=O) groups is 1. The molecule has 28 heavy (non-hydrogen) atoms. The highest BCUT2D eigenvalue weighted by atomic mass is 32.2. The van der Waals surface area contributed by atoms with Crippen LogP contribution in [0.4, 0.5) is 5.69 Å². The van der Waals surface area contributed by atoms with Crippen LogP contribution in [-0.2, 0) is 14.8 Å². The molecule has 0 saturated heterocycles. The second-order valence-electron chi connectivity index (χ2n) is 7.32. The van der Waals surface area contributed by atoms with Crippen LogP contribution in [0.25, 0.3) is 0 Å². The van der Waals surface area contributed by atoms with E-state index < -0.39 is 21.7 Å². The second kappa shape index (κ2) is 7.77. The Morgan fingerprint density at radius 2 is 1.93 bits per heavy atom. The van der Waals surface area contributed by atoms with Crippen LogP contribution in [0.5, 0.6) is 5.75 Å². The molecular weight excluding hydrogens is 396 g/mol. The monoisotopic (exact) mass is 420 g/mol. The molecule has 0 spiro atoms. The van der Waals surface area contributed by atoms with Gasteiger partial charge in [0.15, 0.2) is 0 Å². The van der Waals surface area contributed by atoms with Crippen molar-refractivity contribution in [3.63, 3.8) is 0 Å². The lowest BCUT2D eigenvalue weighted by Crippen LogP contribution is -2.41. The molecule has 8 heteroatoms. The molecule has 1 aliphatic heterocycles. The van der Waals surface area contributed by atoms with Gasteiger partial charge in [0.2, 0.25) is 15.9 Å². The molecule has 2 aromatic carbocycles. The van der Waals surface area contributed by atoms with Crippen molar-refractivity contribution in [2.45, 2.75) is 48.6 Å². The predicted octanol–water partition coefficient (Wildman–Crippen LogP) is 3.95. The SMILES string of the molecule is CSc1ccc(S(=O)(=O)NC2CC(C)(C)Oc3ccccc32)cc1NC(C)=O. The molecule has 2 N–H and O–H groups in total. The number of sulfonamides is 1. The fraction of sp³-hybridized carbons (Fsp3) is 0.350. The van der Waals surface area contributed by atoms with E-state index in [4.69, 9.17) is 4.74 Å². The van der Waals surface area contributed by atoms with Crippen LogP contribution in [-0.4, -0.2) is 26.2 Å². The Morgan fingerprint density at radius 1 is 1.21 bits per heavy atom. The number of thioether (sulfide) groups is 1. The van der Waals surface area contributed by atoms with Gasteiger partial charge in [-0.05, 0) is 44.4 Å². The summed E-state index contributed by atoms with van der Waals surface area (Å²) in [7, 11) is -3.80. The minimum atomic E-state index is -3.80. The molecule has 2 aromatic rings. The highest BCUT2D eigenvalue weighted by molar-refractivity contribution is 7.98. The van der Waals surface area contributed by atoms with Crippen molar-refractivity contribution in [1.82, 2.24) is 4.72 Å². The molecule has 1 unspecified atom stereocenters. The Balaban J connectivity index is 1.95. The average molecular weight is 421 g/mol. The van der Waals surface area contributed by atoms with Crippen molar-refractivity contribution < 1.29 is 17.9 Å². The summed E-state index contributed by atoms with van der Waals surface area (Å²) in [6, 6.07) is 11.8. The van der Waals surface area contributed by atoms with E-state index in [1.165, 1.54) is 24.8 Å². The highest BCUT2D eigenvalue weighted by Crippen LogP contribution is 2.40. The summed E-state index contributed by atoms with van der Waals surface area (Å²) in [6.45, 7) is 5.27. The molecule has 0 aromatic heterocycles. The summed E-state index contributed by atoms with van der Waals surface area (Å²) < 4.78 is 35.0. The van der Waals surface area contributed by atoms with Gasteiger partial charge in [-0.2, -0.15) is 0 Å². The van der Waals surface area contributed by atoms with Crippen LogP contribution in [0, 0.1) is 0 Å². The number of hydrogen-bond donors (Lipinski definition) is 2. The zero-order valence-electron chi connectivity index (χ0n) is 16.3. The molecule has 1 heterocycles. The first kappa shape index (κ1) is 20.7. The third kappa shape index (κ3) is 4.51. The van der Waals surface area contributed by atoms with E-state index in [2.05, 4.69) is 10.0 Å². The van der Waals surface area contributed by atoms with Gasteiger partial charge in [0.25, 0.3) is 0 Å². The molecule has 0 radical (unpaired) electrons. The van der Waals surface area contributed by atoms with Crippen molar-refractivity contribution in [3.05, 3.63) is 48.0 Å². The van der Waals surface area contributed by atoms with E-state index in [1.807, 2.05) is 44.4 Å². The molecule has 6 nitrogen and oxygen atoms in total. The number of anilines is 1. The van der Waals surface area contributed by atoms with Crippen molar-refractivity contribution in [2.24, 2.45) is 0 Å². The molecule has 1 aliphatic rings. The van der Waals surface area contributed by atoms with Crippen molar-refractivity contribution in [2.75, 3.05) is 11.6 Å². The summed E-state index contributed by atoms with van der Waals surface area (Å²) >= 11 is 1.44. The molecule has 1 amide bonds. The third-order valence-corrected chi connectivity index (χ3v) is 6.73. The lowest BCUT2D eigenvalue weighted by atomic mass is 9.90. The van der Waals surface area contributed by atoms with Crippen LogP contribution in [0.1, 0.15) is 38.8 Å². The lowest BCUT2D eigenvalue weighted by Gasteiger charge is -2.37. The Kier molecular flexibility index (Phi) is 5.74. The number of hydrogen-bond acceptors (Lipinski definition) is 5. The van der Waals surface area contributed by atoms with Gasteiger partial charge in [0.1, 0.15) is 11.4 Å². The maximum atomic E-state index is 13.1. The number of ether oxygens (including phenoxy) is 1. The lowest BCUT2D eigenvalue weighted by molar-refractivity contribution is -0.114. The van der Waals surface area contributed by atoms with E-state index in [0.717, 1.165) is 10.5 Å². The molecule has 150 valence electrons. The van der Waals surface area contributed by atoms with Crippen LogP contribution < -0.4 is 14.8 Å². The summed E-state index contributed by atoms with van der Waals surface area (Å²) in [5, 5.41) is 2.70. The molecule has 0 aliphatic carbocycles. The molecule has 0 bridgehead atoms. The van der Waals surface area contributed by atoms with Crippen LogP contribution >= 0.6 is 11.8 Å². The van der Waals surface area contributed by atoms with E-state index >= 15 is 0 Å². The minimum absolute atomic E-state index is 0.107. The summed E-state index contributed by atoms with van der Waals surface area (Å²) in [5.41, 5.74) is 0.801. The fourth-order valence-corrected chi connectivity index (χ4v) is 5.08. The molecule has 3 rings (SSSR count). The maximum absolute atomic E-state index is 13.1. The van der Waals surface area contributed by atoms with Gasteiger partial charge >= 0.3 is 0 Å². The summed E-state index contributed by atoms with van der Waals surface area (Å²) in [5.74, 6) is 0.432. The average Bonchev–Trinajstić information content (AvgIpc) is 2.60. The minimum Gasteiger partial charge on any atom is -0.487 e. The summed E-state index contributed by atoms with van der Waals surface area (Å²) in [6.07, 6.45) is 2.37. The molecule has 0 fully saturated rings. The molecule has 0 saturated carbocycles. The number of carbonyl (C=O) groups excluding carboxylic acids is 1. The van der Waals surface area contributed by atoms with Crippen molar-refractivity contribution >= 4 is 33.4 Å². The van der Waals surface area contributed by atoms with Gasteiger partial charge < -0.3 is 10.1 Å². The normalized spacial score (nSPS) is 18.1. The van der Waals surface area contributed by atoms with Crippen LogP contribution in [0.2, 0.25) is 0 Å². The quantitative estimate of drug-likeness (QED) is 0.716. The number of fused-ring (bicyclic) bond motifs is 1. The molecular formula is C20H24N2O4S2. The maximum Gasteiger partial charge on any atom is 0.241 e. The Bertz CT molecular complexity index is 1000. The Labute approximate surface area is 170 Å². The highest BCUT2D eigenvalue weighted by Gasteiger charge is 2.36. The van der Waals surface area contributed by atoms with E-state index in [-0.39, 0.29) is 10.8 Å². The standard InChI is InChI=1S/C20H24N2O4S2/c1-13(23)21-16-11-14(9-10-19(16)27-4)28(24,25)22-17-12-20(2,3)26-18-8-6-5-7-15(17)18/h5-11,17,22H,12H2,1-4H3,(H,21,23). The number of benzene rings is 2. The summed E-state index contributed by atoms with van der Waals surface area (Å²) in [4.78, 5) is 12.4. The third-order valence-electron chi connectivity index (χ3n) is 4.47. The first-order valence-corrected chi connectivity index (χ1v) is 11.6.